The zero-order valence-corrected chi connectivity index (χ0v) is 20.8. The van der Waals surface area contributed by atoms with Gasteiger partial charge in [0.25, 0.3) is 0 Å². The van der Waals surface area contributed by atoms with Gasteiger partial charge in [-0.05, 0) is 33.1 Å². The van der Waals surface area contributed by atoms with E-state index in [9.17, 15) is 29.4 Å². The SMILES string of the molecule is CCCCC/C=C/C=C/C(=O)N[C@H](C(=O)N[C@H]1C[C@@H](O)CCNC(=O)/C=C\[C@H](C)NC1=O)[C@@H](C)O. The molecule has 4 amide bonds. The number of carbonyl (C=O) groups is 4. The van der Waals surface area contributed by atoms with Crippen LogP contribution in [0.3, 0.4) is 0 Å². The molecule has 10 nitrogen and oxygen atoms in total. The molecule has 6 N–H and O–H groups in total. The van der Waals surface area contributed by atoms with Crippen molar-refractivity contribution in [2.24, 2.45) is 0 Å². The molecule has 0 bridgehead atoms. The summed E-state index contributed by atoms with van der Waals surface area (Å²) in [7, 11) is 0. The van der Waals surface area contributed by atoms with Crippen molar-refractivity contribution >= 4 is 23.6 Å². The van der Waals surface area contributed by atoms with E-state index in [0.717, 1.165) is 25.7 Å². The lowest BCUT2D eigenvalue weighted by atomic mass is 10.0. The van der Waals surface area contributed by atoms with Crippen LogP contribution in [0.25, 0.3) is 0 Å². The smallest absolute Gasteiger partial charge is 0.245 e. The fourth-order valence-corrected chi connectivity index (χ4v) is 3.35. The van der Waals surface area contributed by atoms with Crippen molar-refractivity contribution < 1.29 is 29.4 Å². The molecule has 1 aliphatic rings. The maximum absolute atomic E-state index is 12.9. The predicted molar refractivity (Wildman–Crippen MR) is 133 cm³/mol. The summed E-state index contributed by atoms with van der Waals surface area (Å²) in [5, 5.41) is 30.6. The number of hydrogen-bond acceptors (Lipinski definition) is 6. The van der Waals surface area contributed by atoms with Crippen molar-refractivity contribution in [3.8, 4) is 0 Å². The molecule has 0 saturated heterocycles. The second-order valence-corrected chi connectivity index (χ2v) is 8.70. The minimum atomic E-state index is -1.30. The Morgan fingerprint density at radius 3 is 2.69 bits per heavy atom. The number of rotatable bonds is 10. The molecule has 196 valence electrons. The lowest BCUT2D eigenvalue weighted by Crippen LogP contribution is -2.58. The highest BCUT2D eigenvalue weighted by Gasteiger charge is 2.31. The highest BCUT2D eigenvalue weighted by molar-refractivity contribution is 5.95. The van der Waals surface area contributed by atoms with Crippen LogP contribution in [-0.4, -0.2) is 70.7 Å². The Morgan fingerprint density at radius 1 is 1.26 bits per heavy atom. The van der Waals surface area contributed by atoms with E-state index in [1.165, 1.54) is 25.2 Å². The summed E-state index contributed by atoms with van der Waals surface area (Å²) >= 11 is 0. The molecule has 5 atom stereocenters. The van der Waals surface area contributed by atoms with Crippen molar-refractivity contribution in [3.05, 3.63) is 36.5 Å². The summed E-state index contributed by atoms with van der Waals surface area (Å²) in [4.78, 5) is 49.5. The summed E-state index contributed by atoms with van der Waals surface area (Å²) < 4.78 is 0. The first kappa shape index (κ1) is 30.1. The highest BCUT2D eigenvalue weighted by Crippen LogP contribution is 2.06. The number of unbranched alkanes of at least 4 members (excludes halogenated alkanes) is 3. The normalized spacial score (nSPS) is 24.5. The van der Waals surface area contributed by atoms with E-state index in [1.54, 1.807) is 19.1 Å². The molecule has 0 unspecified atom stereocenters. The third-order valence-corrected chi connectivity index (χ3v) is 5.36. The van der Waals surface area contributed by atoms with Crippen LogP contribution in [0.5, 0.6) is 0 Å². The van der Waals surface area contributed by atoms with Gasteiger partial charge < -0.3 is 31.5 Å². The molecule has 0 fully saturated rings. The van der Waals surface area contributed by atoms with Crippen molar-refractivity contribution in [2.45, 2.75) is 89.6 Å². The predicted octanol–water partition coefficient (Wildman–Crippen LogP) is 0.361. The van der Waals surface area contributed by atoms with E-state index in [-0.39, 0.29) is 25.3 Å². The molecule has 1 aliphatic heterocycles. The molecule has 0 aromatic carbocycles. The van der Waals surface area contributed by atoms with Gasteiger partial charge in [-0.15, -0.1) is 0 Å². The maximum atomic E-state index is 12.9. The fourth-order valence-electron chi connectivity index (χ4n) is 3.35. The molecule has 0 radical (unpaired) electrons. The number of hydrogen-bond donors (Lipinski definition) is 6. The van der Waals surface area contributed by atoms with E-state index in [1.807, 2.05) is 6.08 Å². The average molecular weight is 493 g/mol. The molecule has 0 spiro atoms. The van der Waals surface area contributed by atoms with Crippen LogP contribution in [0.15, 0.2) is 36.5 Å². The van der Waals surface area contributed by atoms with Gasteiger partial charge in [0.15, 0.2) is 0 Å². The van der Waals surface area contributed by atoms with Gasteiger partial charge in [0.05, 0.1) is 12.2 Å². The van der Waals surface area contributed by atoms with Gasteiger partial charge in [0, 0.05) is 31.2 Å². The molecular formula is C25H40N4O6. The summed E-state index contributed by atoms with van der Waals surface area (Å²) in [5.41, 5.74) is 0. The number of allylic oxidation sites excluding steroid dienone is 3. The van der Waals surface area contributed by atoms with Crippen LogP contribution in [0.1, 0.15) is 59.3 Å². The van der Waals surface area contributed by atoms with Crippen molar-refractivity contribution in [1.29, 1.82) is 0 Å². The van der Waals surface area contributed by atoms with Crippen LogP contribution < -0.4 is 21.3 Å². The number of aliphatic hydroxyl groups is 2. The Balaban J connectivity index is 2.81. The highest BCUT2D eigenvalue weighted by atomic mass is 16.3. The van der Waals surface area contributed by atoms with Gasteiger partial charge in [0.2, 0.25) is 23.6 Å². The summed E-state index contributed by atoms with van der Waals surface area (Å²) in [6.07, 6.45) is 11.4. The van der Waals surface area contributed by atoms with Gasteiger partial charge in [-0.3, -0.25) is 19.2 Å². The maximum Gasteiger partial charge on any atom is 0.245 e. The Hall–Kier alpha value is -2.98. The fraction of sp³-hybridized carbons (Fsp3) is 0.600. The van der Waals surface area contributed by atoms with E-state index < -0.39 is 48.1 Å². The molecular weight excluding hydrogens is 452 g/mol. The molecule has 0 aliphatic carbocycles. The van der Waals surface area contributed by atoms with Gasteiger partial charge >= 0.3 is 0 Å². The Labute approximate surface area is 207 Å². The molecule has 1 rings (SSSR count). The second-order valence-electron chi connectivity index (χ2n) is 8.70. The zero-order chi connectivity index (χ0) is 26.2. The van der Waals surface area contributed by atoms with Gasteiger partial charge in [0.1, 0.15) is 12.1 Å². The topological polar surface area (TPSA) is 157 Å². The first-order valence-electron chi connectivity index (χ1n) is 12.2. The number of nitrogens with one attached hydrogen (secondary N) is 4. The summed E-state index contributed by atoms with van der Waals surface area (Å²) in [5.74, 6) is -2.21. The number of carbonyl (C=O) groups excluding carboxylic acids is 4. The lowest BCUT2D eigenvalue weighted by molar-refractivity contribution is -0.134. The van der Waals surface area contributed by atoms with Crippen molar-refractivity contribution in [3.63, 3.8) is 0 Å². The van der Waals surface area contributed by atoms with Gasteiger partial charge in [-0.1, -0.05) is 44.1 Å². The lowest BCUT2D eigenvalue weighted by Gasteiger charge is -2.26. The first-order valence-corrected chi connectivity index (χ1v) is 12.2. The van der Waals surface area contributed by atoms with Crippen LogP contribution >= 0.6 is 0 Å². The summed E-state index contributed by atoms with van der Waals surface area (Å²) in [6.45, 7) is 5.34. The van der Waals surface area contributed by atoms with Crippen molar-refractivity contribution in [2.75, 3.05) is 6.54 Å². The van der Waals surface area contributed by atoms with Crippen LogP contribution in [0.2, 0.25) is 0 Å². The van der Waals surface area contributed by atoms with Crippen LogP contribution in [-0.2, 0) is 19.2 Å². The Kier molecular flexibility index (Phi) is 14.3. The minimum Gasteiger partial charge on any atom is -0.393 e. The van der Waals surface area contributed by atoms with Crippen LogP contribution in [0, 0.1) is 0 Å². The molecule has 1 heterocycles. The summed E-state index contributed by atoms with van der Waals surface area (Å²) in [6, 6.07) is -2.91. The van der Waals surface area contributed by atoms with E-state index in [4.69, 9.17) is 0 Å². The standard InChI is InChI=1S/C25H40N4O6/c1-4-5-6-7-8-9-10-11-22(33)29-23(18(3)30)25(35)28-20-16-19(31)14-15-26-21(32)13-12-17(2)27-24(20)34/h8-13,17-20,23,30-31H,4-7,14-16H2,1-3H3,(H,26,32)(H,27,34)(H,28,35)(H,29,33)/b9-8+,11-10+,13-12-/t17-,18+,19-,20-,23-/m0/s1. The number of amides is 4. The van der Waals surface area contributed by atoms with E-state index in [2.05, 4.69) is 28.2 Å². The van der Waals surface area contributed by atoms with E-state index in [0.29, 0.717) is 0 Å². The molecule has 10 heteroatoms. The molecule has 0 saturated carbocycles. The second kappa shape index (κ2) is 16.6. The zero-order valence-electron chi connectivity index (χ0n) is 20.8. The molecule has 35 heavy (non-hydrogen) atoms. The first-order chi connectivity index (χ1) is 16.6. The monoisotopic (exact) mass is 492 g/mol. The Morgan fingerprint density at radius 2 is 2.00 bits per heavy atom. The van der Waals surface area contributed by atoms with Crippen molar-refractivity contribution in [1.82, 2.24) is 21.3 Å². The third kappa shape index (κ3) is 12.9. The van der Waals surface area contributed by atoms with E-state index >= 15 is 0 Å². The van der Waals surface area contributed by atoms with Gasteiger partial charge in [-0.25, -0.2) is 0 Å². The largest absolute Gasteiger partial charge is 0.393 e. The van der Waals surface area contributed by atoms with Gasteiger partial charge in [-0.2, -0.15) is 0 Å². The quantitative estimate of drug-likeness (QED) is 0.147. The minimum absolute atomic E-state index is 0.104. The Bertz CT molecular complexity index is 793. The van der Waals surface area contributed by atoms with Crippen LogP contribution in [0.4, 0.5) is 0 Å². The molecule has 0 aromatic rings. The molecule has 0 aromatic heterocycles. The third-order valence-electron chi connectivity index (χ3n) is 5.36. The number of aliphatic hydroxyl groups excluding tert-OH is 2. The average Bonchev–Trinajstić information content (AvgIpc) is 2.79.